The summed E-state index contributed by atoms with van der Waals surface area (Å²) in [5, 5.41) is 0. The van der Waals surface area contributed by atoms with Crippen LogP contribution in [0.25, 0.3) is 0 Å². The molecule has 0 bridgehead atoms. The lowest BCUT2D eigenvalue weighted by Crippen LogP contribution is -2.52. The van der Waals surface area contributed by atoms with Crippen molar-refractivity contribution in [2.45, 2.75) is 43.2 Å². The van der Waals surface area contributed by atoms with Crippen LogP contribution in [0.2, 0.25) is 0 Å². The summed E-state index contributed by atoms with van der Waals surface area (Å²) >= 11 is 0. The van der Waals surface area contributed by atoms with Crippen molar-refractivity contribution in [2.24, 2.45) is 0 Å². The zero-order chi connectivity index (χ0) is 17.4. The number of hydrogen-bond donors (Lipinski definition) is 0. The van der Waals surface area contributed by atoms with Crippen molar-refractivity contribution in [3.63, 3.8) is 0 Å². The van der Waals surface area contributed by atoms with Crippen molar-refractivity contribution >= 4 is 10.0 Å². The van der Waals surface area contributed by atoms with Gasteiger partial charge in [-0.15, -0.1) is 0 Å². The maximum absolute atomic E-state index is 13.1. The van der Waals surface area contributed by atoms with Gasteiger partial charge in [0.05, 0.1) is 23.5 Å². The highest BCUT2D eigenvalue weighted by Gasteiger charge is 2.43. The second-order valence-electron chi connectivity index (χ2n) is 6.48. The number of nitrogens with zero attached hydrogens (tertiary/aromatic N) is 1. The third-order valence-electron chi connectivity index (χ3n) is 4.78. The molecular formula is C16H20F3NO3S. The lowest BCUT2D eigenvalue weighted by Gasteiger charge is -2.39. The minimum Gasteiger partial charge on any atom is -0.372 e. The van der Waals surface area contributed by atoms with Gasteiger partial charge in [-0.05, 0) is 24.5 Å². The molecule has 1 aliphatic heterocycles. The Balaban J connectivity index is 1.82. The number of benzene rings is 1. The first-order chi connectivity index (χ1) is 11.2. The molecule has 1 heterocycles. The van der Waals surface area contributed by atoms with Crippen LogP contribution in [0.15, 0.2) is 24.3 Å². The minimum atomic E-state index is -4.57. The maximum atomic E-state index is 13.1. The smallest absolute Gasteiger partial charge is 0.372 e. The molecule has 8 heteroatoms. The van der Waals surface area contributed by atoms with E-state index < -0.39 is 33.1 Å². The SMILES string of the molecule is O=S(=O)(Cc1ccccc1C(F)(F)F)N1CCOC2(CCCC2)C1. The summed E-state index contributed by atoms with van der Waals surface area (Å²) in [6, 6.07) is 4.84. The molecule has 1 aromatic carbocycles. The molecule has 134 valence electrons. The molecule has 3 rings (SSSR count). The van der Waals surface area contributed by atoms with E-state index in [2.05, 4.69) is 0 Å². The molecule has 1 saturated heterocycles. The van der Waals surface area contributed by atoms with E-state index in [1.54, 1.807) is 0 Å². The van der Waals surface area contributed by atoms with Crippen LogP contribution >= 0.6 is 0 Å². The van der Waals surface area contributed by atoms with Gasteiger partial charge in [0.25, 0.3) is 0 Å². The van der Waals surface area contributed by atoms with Gasteiger partial charge in [0.15, 0.2) is 0 Å². The zero-order valence-electron chi connectivity index (χ0n) is 13.2. The first kappa shape index (κ1) is 17.7. The molecular weight excluding hydrogens is 343 g/mol. The Kier molecular flexibility index (Phi) is 4.65. The topological polar surface area (TPSA) is 46.6 Å². The number of ether oxygens (including phenoxy) is 1. The summed E-state index contributed by atoms with van der Waals surface area (Å²) in [7, 11) is -3.83. The normalized spacial score (nSPS) is 22.1. The fourth-order valence-electron chi connectivity index (χ4n) is 3.58. The van der Waals surface area contributed by atoms with E-state index in [-0.39, 0.29) is 18.7 Å². The van der Waals surface area contributed by atoms with E-state index in [9.17, 15) is 21.6 Å². The molecule has 0 atom stereocenters. The molecule has 0 amide bonds. The summed E-state index contributed by atoms with van der Waals surface area (Å²) in [5.74, 6) is -0.640. The van der Waals surface area contributed by atoms with E-state index in [4.69, 9.17) is 4.74 Å². The summed E-state index contributed by atoms with van der Waals surface area (Å²) in [6.45, 7) is 0.724. The van der Waals surface area contributed by atoms with Crippen molar-refractivity contribution < 1.29 is 26.3 Å². The fraction of sp³-hybridized carbons (Fsp3) is 0.625. The van der Waals surface area contributed by atoms with Crippen molar-refractivity contribution in [3.05, 3.63) is 35.4 Å². The van der Waals surface area contributed by atoms with E-state index in [1.807, 2.05) is 0 Å². The molecule has 0 unspecified atom stereocenters. The number of rotatable bonds is 3. The minimum absolute atomic E-state index is 0.193. The Hall–Kier alpha value is -1.12. The van der Waals surface area contributed by atoms with E-state index in [1.165, 1.54) is 22.5 Å². The Bertz CT molecular complexity index is 697. The highest BCUT2D eigenvalue weighted by Crippen LogP contribution is 2.37. The van der Waals surface area contributed by atoms with E-state index in [0.717, 1.165) is 31.7 Å². The Morgan fingerprint density at radius 2 is 1.83 bits per heavy atom. The van der Waals surface area contributed by atoms with Gasteiger partial charge >= 0.3 is 6.18 Å². The van der Waals surface area contributed by atoms with Gasteiger partial charge in [-0.3, -0.25) is 0 Å². The first-order valence-electron chi connectivity index (χ1n) is 7.99. The van der Waals surface area contributed by atoms with Crippen LogP contribution in [-0.4, -0.2) is 38.0 Å². The molecule has 24 heavy (non-hydrogen) atoms. The largest absolute Gasteiger partial charge is 0.416 e. The molecule has 4 nitrogen and oxygen atoms in total. The van der Waals surface area contributed by atoms with Crippen molar-refractivity contribution in [2.75, 3.05) is 19.7 Å². The Morgan fingerprint density at radius 3 is 2.50 bits per heavy atom. The quantitative estimate of drug-likeness (QED) is 0.829. The van der Waals surface area contributed by atoms with Gasteiger partial charge in [-0.25, -0.2) is 8.42 Å². The standard InChI is InChI=1S/C16H20F3NO3S/c17-16(18,19)14-6-2-1-5-13(14)11-24(21,22)20-9-10-23-15(12-20)7-3-4-8-15/h1-2,5-6H,3-4,7-12H2. The fourth-order valence-corrected chi connectivity index (χ4v) is 5.19. The second kappa shape index (κ2) is 6.31. The van der Waals surface area contributed by atoms with Crippen LogP contribution < -0.4 is 0 Å². The highest BCUT2D eigenvalue weighted by molar-refractivity contribution is 7.88. The molecule has 1 saturated carbocycles. The molecule has 0 radical (unpaired) electrons. The Morgan fingerprint density at radius 1 is 1.17 bits per heavy atom. The predicted octanol–water partition coefficient (Wildman–Crippen LogP) is 3.18. The van der Waals surface area contributed by atoms with Gasteiger partial charge in [-0.2, -0.15) is 17.5 Å². The number of halogens is 3. The van der Waals surface area contributed by atoms with Gasteiger partial charge in [0.2, 0.25) is 10.0 Å². The second-order valence-corrected chi connectivity index (χ2v) is 8.45. The molecule has 0 N–H and O–H groups in total. The Labute approximate surface area is 139 Å². The summed E-state index contributed by atoms with van der Waals surface area (Å²) in [6.07, 6.45) is -0.976. The van der Waals surface area contributed by atoms with E-state index in [0.29, 0.717) is 6.61 Å². The van der Waals surface area contributed by atoms with Crippen LogP contribution in [0.1, 0.15) is 36.8 Å². The summed E-state index contributed by atoms with van der Waals surface area (Å²) in [5.41, 5.74) is -1.55. The monoisotopic (exact) mass is 363 g/mol. The van der Waals surface area contributed by atoms with Crippen LogP contribution in [-0.2, 0) is 26.7 Å². The number of alkyl halides is 3. The summed E-state index contributed by atoms with van der Waals surface area (Å²) < 4.78 is 71.7. The maximum Gasteiger partial charge on any atom is 0.416 e. The molecule has 2 fully saturated rings. The lowest BCUT2D eigenvalue weighted by molar-refractivity contribution is -0.138. The van der Waals surface area contributed by atoms with Gasteiger partial charge in [0.1, 0.15) is 0 Å². The van der Waals surface area contributed by atoms with Gasteiger partial charge < -0.3 is 4.74 Å². The zero-order valence-corrected chi connectivity index (χ0v) is 14.0. The highest BCUT2D eigenvalue weighted by atomic mass is 32.2. The number of sulfonamides is 1. The predicted molar refractivity (Wildman–Crippen MR) is 82.8 cm³/mol. The molecule has 2 aliphatic rings. The third-order valence-corrected chi connectivity index (χ3v) is 6.56. The lowest BCUT2D eigenvalue weighted by atomic mass is 10.0. The number of hydrogen-bond acceptors (Lipinski definition) is 3. The molecule has 1 aliphatic carbocycles. The van der Waals surface area contributed by atoms with Crippen molar-refractivity contribution in [3.8, 4) is 0 Å². The van der Waals surface area contributed by atoms with E-state index >= 15 is 0 Å². The van der Waals surface area contributed by atoms with Crippen LogP contribution in [0.4, 0.5) is 13.2 Å². The van der Waals surface area contributed by atoms with Crippen molar-refractivity contribution in [1.29, 1.82) is 0 Å². The average Bonchev–Trinajstić information content (AvgIpc) is 2.94. The van der Waals surface area contributed by atoms with Crippen LogP contribution in [0.5, 0.6) is 0 Å². The molecule has 1 aromatic rings. The van der Waals surface area contributed by atoms with Crippen molar-refractivity contribution in [1.82, 2.24) is 4.31 Å². The van der Waals surface area contributed by atoms with Crippen LogP contribution in [0, 0.1) is 0 Å². The summed E-state index contributed by atoms with van der Waals surface area (Å²) in [4.78, 5) is 0. The number of morpholine rings is 1. The van der Waals surface area contributed by atoms with Gasteiger partial charge in [0, 0.05) is 13.1 Å². The average molecular weight is 363 g/mol. The van der Waals surface area contributed by atoms with Crippen LogP contribution in [0.3, 0.4) is 0 Å². The molecule has 1 spiro atoms. The molecule has 0 aromatic heterocycles. The first-order valence-corrected chi connectivity index (χ1v) is 9.60. The van der Waals surface area contributed by atoms with Gasteiger partial charge in [-0.1, -0.05) is 31.0 Å². The third kappa shape index (κ3) is 3.60.